The lowest BCUT2D eigenvalue weighted by Crippen LogP contribution is -2.40. The summed E-state index contributed by atoms with van der Waals surface area (Å²) < 4.78 is 0.830. The van der Waals surface area contributed by atoms with E-state index < -0.39 is 18.0 Å². The topological polar surface area (TPSA) is 78.4 Å². The zero-order chi connectivity index (χ0) is 12.1. The summed E-state index contributed by atoms with van der Waals surface area (Å²) in [4.78, 5) is 21.8. The number of hydrogen-bond donors (Lipinski definition) is 3. The van der Waals surface area contributed by atoms with Crippen LogP contribution in [0.2, 0.25) is 0 Å². The summed E-state index contributed by atoms with van der Waals surface area (Å²) in [7, 11) is 0. The zero-order valence-corrected chi connectivity index (χ0v) is 10.1. The molecule has 0 aliphatic heterocycles. The summed E-state index contributed by atoms with van der Waals surface area (Å²) in [6.45, 7) is 1.39. The normalized spacial score (nSPS) is 11.6. The van der Waals surface area contributed by atoms with Gasteiger partial charge in [-0.25, -0.2) is 4.79 Å². The largest absolute Gasteiger partial charge is 0.480 e. The van der Waals surface area contributed by atoms with Crippen LogP contribution in [0.3, 0.4) is 0 Å². The molecule has 0 bridgehead atoms. The molecular weight excluding hydrogens is 276 g/mol. The molecular formula is C10H11BrN2O3. The van der Waals surface area contributed by atoms with Crippen molar-refractivity contribution in [3.63, 3.8) is 0 Å². The van der Waals surface area contributed by atoms with Crippen LogP contribution in [0, 0.1) is 0 Å². The fourth-order valence-corrected chi connectivity index (χ4v) is 1.39. The van der Waals surface area contributed by atoms with Crippen molar-refractivity contribution in [3.05, 3.63) is 28.7 Å². The van der Waals surface area contributed by atoms with Gasteiger partial charge in [0.1, 0.15) is 6.04 Å². The van der Waals surface area contributed by atoms with Gasteiger partial charge in [-0.1, -0.05) is 22.0 Å². The molecule has 0 spiro atoms. The standard InChI is InChI=1S/C10H11BrN2O3/c1-6(9(14)15)12-10(16)13-8-4-2-3-7(11)5-8/h2-6H,1H3,(H,14,15)(H2,12,13,16)/t6-/m1/s1. The molecule has 86 valence electrons. The molecule has 5 nitrogen and oxygen atoms in total. The highest BCUT2D eigenvalue weighted by atomic mass is 79.9. The Morgan fingerprint density at radius 2 is 2.12 bits per heavy atom. The van der Waals surface area contributed by atoms with Crippen molar-refractivity contribution in [2.24, 2.45) is 0 Å². The van der Waals surface area contributed by atoms with Crippen molar-refractivity contribution >= 4 is 33.6 Å². The van der Waals surface area contributed by atoms with Gasteiger partial charge in [0, 0.05) is 10.2 Å². The average Bonchev–Trinajstić information content (AvgIpc) is 2.16. The number of hydrogen-bond acceptors (Lipinski definition) is 2. The van der Waals surface area contributed by atoms with E-state index in [0.29, 0.717) is 5.69 Å². The van der Waals surface area contributed by atoms with Crippen molar-refractivity contribution in [3.8, 4) is 0 Å². The summed E-state index contributed by atoms with van der Waals surface area (Å²) in [5.41, 5.74) is 0.587. The highest BCUT2D eigenvalue weighted by molar-refractivity contribution is 9.10. The monoisotopic (exact) mass is 286 g/mol. The maximum Gasteiger partial charge on any atom is 0.325 e. The number of urea groups is 1. The number of aliphatic carboxylic acids is 1. The number of halogens is 1. The Hall–Kier alpha value is -1.56. The number of benzene rings is 1. The molecule has 1 rings (SSSR count). The van der Waals surface area contributed by atoms with Gasteiger partial charge < -0.3 is 15.7 Å². The van der Waals surface area contributed by atoms with Crippen LogP contribution in [0.5, 0.6) is 0 Å². The Morgan fingerprint density at radius 1 is 1.44 bits per heavy atom. The lowest BCUT2D eigenvalue weighted by molar-refractivity contribution is -0.138. The quantitative estimate of drug-likeness (QED) is 0.796. The first-order valence-corrected chi connectivity index (χ1v) is 5.34. The number of carboxylic acids is 1. The molecule has 0 heterocycles. The van der Waals surface area contributed by atoms with Gasteiger partial charge in [-0.2, -0.15) is 0 Å². The predicted molar refractivity (Wildman–Crippen MR) is 63.4 cm³/mol. The molecule has 3 N–H and O–H groups in total. The summed E-state index contributed by atoms with van der Waals surface area (Å²) >= 11 is 3.26. The zero-order valence-electron chi connectivity index (χ0n) is 8.53. The van der Waals surface area contributed by atoms with Gasteiger partial charge in [0.2, 0.25) is 0 Å². The minimum atomic E-state index is -1.08. The molecule has 2 amide bonds. The second-order valence-corrected chi connectivity index (χ2v) is 4.08. The second-order valence-electron chi connectivity index (χ2n) is 3.17. The van der Waals surface area contributed by atoms with E-state index in [1.807, 2.05) is 6.07 Å². The Kier molecular flexibility index (Phi) is 4.30. The lowest BCUT2D eigenvalue weighted by atomic mass is 10.3. The molecule has 0 aliphatic rings. The second kappa shape index (κ2) is 5.50. The van der Waals surface area contributed by atoms with E-state index in [4.69, 9.17) is 5.11 Å². The van der Waals surface area contributed by atoms with Gasteiger partial charge in [-0.3, -0.25) is 4.79 Å². The number of nitrogens with one attached hydrogen (secondary N) is 2. The lowest BCUT2D eigenvalue weighted by Gasteiger charge is -2.10. The SMILES string of the molecule is C[C@@H](NC(=O)Nc1cccc(Br)c1)C(=O)O. The highest BCUT2D eigenvalue weighted by Crippen LogP contribution is 2.15. The molecule has 0 aromatic heterocycles. The molecule has 0 radical (unpaired) electrons. The van der Waals surface area contributed by atoms with Crippen LogP contribution in [0.4, 0.5) is 10.5 Å². The maximum absolute atomic E-state index is 11.3. The van der Waals surface area contributed by atoms with E-state index >= 15 is 0 Å². The van der Waals surface area contributed by atoms with Crippen LogP contribution in [-0.4, -0.2) is 23.1 Å². The van der Waals surface area contributed by atoms with E-state index in [-0.39, 0.29) is 0 Å². The van der Waals surface area contributed by atoms with Gasteiger partial charge in [-0.05, 0) is 25.1 Å². The molecule has 0 unspecified atom stereocenters. The minimum absolute atomic E-state index is 0.548. The van der Waals surface area contributed by atoms with Crippen molar-refractivity contribution in [1.82, 2.24) is 5.32 Å². The van der Waals surface area contributed by atoms with Gasteiger partial charge >= 0.3 is 12.0 Å². The molecule has 0 fully saturated rings. The number of carbonyl (C=O) groups is 2. The van der Waals surface area contributed by atoms with Gasteiger partial charge in [0.15, 0.2) is 0 Å². The Morgan fingerprint density at radius 3 is 2.69 bits per heavy atom. The molecule has 0 saturated carbocycles. The number of amides is 2. The van der Waals surface area contributed by atoms with E-state index in [0.717, 1.165) is 4.47 Å². The molecule has 6 heteroatoms. The third-order valence-electron chi connectivity index (χ3n) is 1.80. The van der Waals surface area contributed by atoms with Crippen molar-refractivity contribution < 1.29 is 14.7 Å². The fourth-order valence-electron chi connectivity index (χ4n) is 0.992. The van der Waals surface area contributed by atoms with E-state index in [1.54, 1.807) is 18.2 Å². The Bertz CT molecular complexity index is 409. The van der Waals surface area contributed by atoms with E-state index in [9.17, 15) is 9.59 Å². The van der Waals surface area contributed by atoms with Crippen molar-refractivity contribution in [2.75, 3.05) is 5.32 Å². The Balaban J connectivity index is 2.55. The molecule has 0 saturated heterocycles. The maximum atomic E-state index is 11.3. The molecule has 1 aromatic carbocycles. The van der Waals surface area contributed by atoms with Crippen LogP contribution >= 0.6 is 15.9 Å². The van der Waals surface area contributed by atoms with Gasteiger partial charge in [0.25, 0.3) is 0 Å². The molecule has 16 heavy (non-hydrogen) atoms. The summed E-state index contributed by atoms with van der Waals surface area (Å²) in [5, 5.41) is 13.4. The first kappa shape index (κ1) is 12.5. The van der Waals surface area contributed by atoms with E-state index in [1.165, 1.54) is 6.92 Å². The van der Waals surface area contributed by atoms with Crippen LogP contribution in [0.15, 0.2) is 28.7 Å². The van der Waals surface area contributed by atoms with Crippen LogP contribution in [0.1, 0.15) is 6.92 Å². The third-order valence-corrected chi connectivity index (χ3v) is 2.29. The number of rotatable bonds is 3. The van der Waals surface area contributed by atoms with Gasteiger partial charge in [-0.15, -0.1) is 0 Å². The molecule has 0 aliphatic carbocycles. The summed E-state index contributed by atoms with van der Waals surface area (Å²) in [5.74, 6) is -1.08. The van der Waals surface area contributed by atoms with Gasteiger partial charge in [0.05, 0.1) is 0 Å². The highest BCUT2D eigenvalue weighted by Gasteiger charge is 2.13. The third kappa shape index (κ3) is 3.90. The van der Waals surface area contributed by atoms with Crippen molar-refractivity contribution in [2.45, 2.75) is 13.0 Å². The minimum Gasteiger partial charge on any atom is -0.480 e. The Labute approximate surface area is 101 Å². The van der Waals surface area contributed by atoms with E-state index in [2.05, 4.69) is 26.6 Å². The first-order chi connectivity index (χ1) is 7.49. The number of carboxylic acid groups (broad SMARTS) is 1. The number of anilines is 1. The number of carbonyl (C=O) groups excluding carboxylic acids is 1. The van der Waals surface area contributed by atoms with Crippen LogP contribution < -0.4 is 10.6 Å². The smallest absolute Gasteiger partial charge is 0.325 e. The molecule has 1 atom stereocenters. The summed E-state index contributed by atoms with van der Waals surface area (Å²) in [6, 6.07) is 5.53. The van der Waals surface area contributed by atoms with Crippen molar-refractivity contribution in [1.29, 1.82) is 0 Å². The predicted octanol–water partition coefficient (Wildman–Crippen LogP) is 2.04. The summed E-state index contributed by atoms with van der Waals surface area (Å²) in [6.07, 6.45) is 0. The van der Waals surface area contributed by atoms with Crippen LogP contribution in [-0.2, 0) is 4.79 Å². The average molecular weight is 287 g/mol. The first-order valence-electron chi connectivity index (χ1n) is 4.55. The fraction of sp³-hybridized carbons (Fsp3) is 0.200. The molecule has 1 aromatic rings. The van der Waals surface area contributed by atoms with Crippen LogP contribution in [0.25, 0.3) is 0 Å².